The van der Waals surface area contributed by atoms with E-state index in [1.165, 1.54) is 25.7 Å². The summed E-state index contributed by atoms with van der Waals surface area (Å²) >= 11 is 0. The minimum Gasteiger partial charge on any atom is -0.444 e. The van der Waals surface area contributed by atoms with Gasteiger partial charge in [-0.05, 0) is 58.9 Å². The van der Waals surface area contributed by atoms with Crippen molar-refractivity contribution in [3.05, 3.63) is 0 Å². The molecule has 0 spiro atoms. The van der Waals surface area contributed by atoms with Crippen LogP contribution in [-0.4, -0.2) is 44.5 Å². The Morgan fingerprint density at radius 2 is 1.91 bits per heavy atom. The van der Waals surface area contributed by atoms with Gasteiger partial charge in [0.15, 0.2) is 0 Å². The fourth-order valence-corrected chi connectivity index (χ4v) is 2.91. The lowest BCUT2D eigenvalue weighted by Gasteiger charge is -2.32. The van der Waals surface area contributed by atoms with Crippen LogP contribution in [0.3, 0.4) is 0 Å². The molecule has 1 fully saturated rings. The van der Waals surface area contributed by atoms with E-state index in [4.69, 9.17) is 9.47 Å². The molecule has 1 saturated carbocycles. The Kier molecular flexibility index (Phi) is 8.79. The van der Waals surface area contributed by atoms with Crippen LogP contribution in [0.4, 0.5) is 4.79 Å². The van der Waals surface area contributed by atoms with E-state index < -0.39 is 5.60 Å². The van der Waals surface area contributed by atoms with Crippen LogP contribution in [-0.2, 0) is 9.47 Å². The molecular weight excluding hydrogens is 280 g/mol. The minimum absolute atomic E-state index is 0.308. The molecule has 1 amide bonds. The van der Waals surface area contributed by atoms with Crippen molar-refractivity contribution >= 4 is 6.09 Å². The van der Waals surface area contributed by atoms with Gasteiger partial charge in [0.25, 0.3) is 0 Å². The Morgan fingerprint density at radius 1 is 1.18 bits per heavy atom. The zero-order chi connectivity index (χ0) is 16.4. The van der Waals surface area contributed by atoms with E-state index >= 15 is 0 Å². The van der Waals surface area contributed by atoms with E-state index in [9.17, 15) is 4.79 Å². The highest BCUT2D eigenvalue weighted by molar-refractivity contribution is 5.67. The number of carbonyl (C=O) groups excluding carboxylic acids is 1. The van der Waals surface area contributed by atoms with Gasteiger partial charge in [0.2, 0.25) is 0 Å². The number of hydrogen-bond donors (Lipinski definition) is 2. The SMILES string of the molecule is COCCCCNC1CCCCC1CNC(=O)OC(C)(C)C. The monoisotopic (exact) mass is 314 g/mol. The van der Waals surface area contributed by atoms with E-state index in [0.29, 0.717) is 18.5 Å². The Balaban J connectivity index is 2.27. The van der Waals surface area contributed by atoms with Gasteiger partial charge in [0.1, 0.15) is 5.60 Å². The highest BCUT2D eigenvalue weighted by Gasteiger charge is 2.25. The van der Waals surface area contributed by atoms with Gasteiger partial charge in [0, 0.05) is 26.3 Å². The van der Waals surface area contributed by atoms with Crippen molar-refractivity contribution in [1.29, 1.82) is 0 Å². The molecule has 0 aromatic rings. The molecule has 0 radical (unpaired) electrons. The molecule has 22 heavy (non-hydrogen) atoms. The normalized spacial score (nSPS) is 22.4. The molecule has 0 aromatic carbocycles. The lowest BCUT2D eigenvalue weighted by Crippen LogP contribution is -2.45. The molecule has 1 aliphatic carbocycles. The van der Waals surface area contributed by atoms with Gasteiger partial charge in [-0.15, -0.1) is 0 Å². The maximum Gasteiger partial charge on any atom is 0.407 e. The summed E-state index contributed by atoms with van der Waals surface area (Å²) in [5.74, 6) is 0.503. The zero-order valence-electron chi connectivity index (χ0n) is 14.7. The Labute approximate surface area is 135 Å². The van der Waals surface area contributed by atoms with Crippen molar-refractivity contribution < 1.29 is 14.3 Å². The molecule has 0 bridgehead atoms. The molecule has 0 aliphatic heterocycles. The van der Waals surface area contributed by atoms with Crippen molar-refractivity contribution in [2.45, 2.75) is 70.9 Å². The number of carbonyl (C=O) groups is 1. The summed E-state index contributed by atoms with van der Waals surface area (Å²) in [5, 5.41) is 6.58. The number of ether oxygens (including phenoxy) is 2. The van der Waals surface area contributed by atoms with Crippen LogP contribution in [0.5, 0.6) is 0 Å². The molecule has 2 atom stereocenters. The first kappa shape index (κ1) is 19.2. The molecule has 0 heterocycles. The molecular formula is C17H34N2O3. The van der Waals surface area contributed by atoms with Crippen molar-refractivity contribution in [3.8, 4) is 0 Å². The maximum absolute atomic E-state index is 11.8. The number of methoxy groups -OCH3 is 1. The molecule has 5 nitrogen and oxygen atoms in total. The Hall–Kier alpha value is -0.810. The summed E-state index contributed by atoms with van der Waals surface area (Å²) in [6.07, 6.45) is 6.82. The van der Waals surface area contributed by atoms with Crippen LogP contribution in [0.1, 0.15) is 59.3 Å². The van der Waals surface area contributed by atoms with Crippen molar-refractivity contribution in [2.75, 3.05) is 26.8 Å². The predicted molar refractivity (Wildman–Crippen MR) is 89.1 cm³/mol. The lowest BCUT2D eigenvalue weighted by molar-refractivity contribution is 0.0510. The summed E-state index contributed by atoms with van der Waals surface area (Å²) in [5.41, 5.74) is -0.435. The van der Waals surface area contributed by atoms with Gasteiger partial charge in [-0.2, -0.15) is 0 Å². The summed E-state index contributed by atoms with van der Waals surface area (Å²) in [6, 6.07) is 0.506. The van der Waals surface area contributed by atoms with Crippen LogP contribution in [0.15, 0.2) is 0 Å². The smallest absolute Gasteiger partial charge is 0.407 e. The van der Waals surface area contributed by atoms with Crippen LogP contribution >= 0.6 is 0 Å². The molecule has 2 N–H and O–H groups in total. The average Bonchev–Trinajstić information content (AvgIpc) is 2.44. The first-order valence-corrected chi connectivity index (χ1v) is 8.61. The predicted octanol–water partition coefficient (Wildman–Crippen LogP) is 3.09. The molecule has 1 rings (SSSR count). The Bertz CT molecular complexity index is 316. The second-order valence-corrected chi connectivity index (χ2v) is 7.19. The molecule has 130 valence electrons. The van der Waals surface area contributed by atoms with E-state index in [-0.39, 0.29) is 6.09 Å². The van der Waals surface area contributed by atoms with Crippen molar-refractivity contribution in [3.63, 3.8) is 0 Å². The van der Waals surface area contributed by atoms with Crippen molar-refractivity contribution in [1.82, 2.24) is 10.6 Å². The standard InChI is InChI=1S/C17H34N2O3/c1-17(2,3)22-16(20)19-13-14-9-5-6-10-15(14)18-11-7-8-12-21-4/h14-15,18H,5-13H2,1-4H3,(H,19,20). The highest BCUT2D eigenvalue weighted by Crippen LogP contribution is 2.24. The summed E-state index contributed by atoms with van der Waals surface area (Å²) in [7, 11) is 1.74. The fourth-order valence-electron chi connectivity index (χ4n) is 2.91. The van der Waals surface area contributed by atoms with Crippen LogP contribution in [0.25, 0.3) is 0 Å². The second kappa shape index (κ2) is 10.1. The van der Waals surface area contributed by atoms with Gasteiger partial charge < -0.3 is 20.1 Å². The fraction of sp³-hybridized carbons (Fsp3) is 0.941. The largest absolute Gasteiger partial charge is 0.444 e. The van der Waals surface area contributed by atoms with Crippen LogP contribution < -0.4 is 10.6 Å². The van der Waals surface area contributed by atoms with E-state index in [0.717, 1.165) is 26.0 Å². The first-order chi connectivity index (χ1) is 10.4. The minimum atomic E-state index is -0.435. The average molecular weight is 314 g/mol. The molecule has 1 aliphatic rings. The number of hydrogen-bond acceptors (Lipinski definition) is 4. The van der Waals surface area contributed by atoms with E-state index in [1.807, 2.05) is 20.8 Å². The summed E-state index contributed by atoms with van der Waals surface area (Å²) < 4.78 is 10.4. The third-order valence-electron chi connectivity index (χ3n) is 4.00. The molecule has 0 saturated heterocycles. The highest BCUT2D eigenvalue weighted by atomic mass is 16.6. The summed E-state index contributed by atoms with van der Waals surface area (Å²) in [4.78, 5) is 11.8. The van der Waals surface area contributed by atoms with Gasteiger partial charge in [-0.25, -0.2) is 4.79 Å². The third kappa shape index (κ3) is 8.59. The number of rotatable bonds is 8. The molecule has 2 unspecified atom stereocenters. The van der Waals surface area contributed by atoms with Gasteiger partial charge in [-0.1, -0.05) is 12.8 Å². The van der Waals surface area contributed by atoms with Gasteiger partial charge in [0.05, 0.1) is 0 Å². The van der Waals surface area contributed by atoms with Gasteiger partial charge >= 0.3 is 6.09 Å². The summed E-state index contributed by atoms with van der Waals surface area (Å²) in [6.45, 7) is 8.21. The molecule has 0 aromatic heterocycles. The zero-order valence-corrected chi connectivity index (χ0v) is 14.7. The number of alkyl carbamates (subject to hydrolysis) is 1. The number of amides is 1. The lowest BCUT2D eigenvalue weighted by atomic mass is 9.84. The van der Waals surface area contributed by atoms with Crippen LogP contribution in [0.2, 0.25) is 0 Å². The van der Waals surface area contributed by atoms with Crippen molar-refractivity contribution in [2.24, 2.45) is 5.92 Å². The molecule has 5 heteroatoms. The second-order valence-electron chi connectivity index (χ2n) is 7.19. The first-order valence-electron chi connectivity index (χ1n) is 8.61. The number of nitrogens with one attached hydrogen (secondary N) is 2. The van der Waals surface area contributed by atoms with Crippen LogP contribution in [0, 0.1) is 5.92 Å². The van der Waals surface area contributed by atoms with Gasteiger partial charge in [-0.3, -0.25) is 0 Å². The maximum atomic E-state index is 11.8. The third-order valence-corrected chi connectivity index (χ3v) is 4.00. The quantitative estimate of drug-likeness (QED) is 0.676. The van der Waals surface area contributed by atoms with E-state index in [1.54, 1.807) is 7.11 Å². The number of unbranched alkanes of at least 4 members (excludes halogenated alkanes) is 1. The Morgan fingerprint density at radius 3 is 2.59 bits per heavy atom. The van der Waals surface area contributed by atoms with E-state index in [2.05, 4.69) is 10.6 Å². The topological polar surface area (TPSA) is 59.6 Å².